The first-order chi connectivity index (χ1) is 10.5. The lowest BCUT2D eigenvalue weighted by molar-refractivity contribution is 0.0697. The molecule has 5 nitrogen and oxygen atoms in total. The van der Waals surface area contributed by atoms with Gasteiger partial charge in [0.05, 0.1) is 18.4 Å². The van der Waals surface area contributed by atoms with Gasteiger partial charge in [-0.15, -0.1) is 0 Å². The Morgan fingerprint density at radius 3 is 2.73 bits per heavy atom. The molecule has 2 heterocycles. The average Bonchev–Trinajstić information content (AvgIpc) is 2.86. The van der Waals surface area contributed by atoms with Crippen molar-refractivity contribution in [3.63, 3.8) is 0 Å². The summed E-state index contributed by atoms with van der Waals surface area (Å²) in [7, 11) is 3.52. The van der Waals surface area contributed by atoms with Gasteiger partial charge in [-0.1, -0.05) is 0 Å². The zero-order chi connectivity index (χ0) is 15.9. The summed E-state index contributed by atoms with van der Waals surface area (Å²) in [6.07, 6.45) is 1.95. The summed E-state index contributed by atoms with van der Waals surface area (Å²) in [5.41, 5.74) is 3.02. The second-order valence-electron chi connectivity index (χ2n) is 5.19. The number of carbonyl (C=O) groups is 1. The minimum atomic E-state index is -1.00. The van der Waals surface area contributed by atoms with Gasteiger partial charge in [-0.2, -0.15) is 0 Å². The Labute approximate surface area is 127 Å². The van der Waals surface area contributed by atoms with Crippen molar-refractivity contribution < 1.29 is 14.6 Å². The van der Waals surface area contributed by atoms with E-state index >= 15 is 0 Å². The molecule has 2 aromatic heterocycles. The molecule has 0 aliphatic carbocycles. The predicted octanol–water partition coefficient (Wildman–Crippen LogP) is 3.26. The minimum Gasteiger partial charge on any atom is -0.496 e. The van der Waals surface area contributed by atoms with Crippen LogP contribution in [0.4, 0.5) is 0 Å². The number of carboxylic acid groups (broad SMARTS) is 1. The second-order valence-corrected chi connectivity index (χ2v) is 5.19. The monoisotopic (exact) mass is 296 g/mol. The number of nitrogens with zero attached hydrogens (tertiary/aromatic N) is 2. The molecular formula is C17H16N2O3. The molecular weight excluding hydrogens is 280 g/mol. The molecule has 0 bridgehead atoms. The lowest BCUT2D eigenvalue weighted by atomic mass is 10.0. The zero-order valence-corrected chi connectivity index (χ0v) is 12.6. The van der Waals surface area contributed by atoms with Crippen molar-refractivity contribution in [1.82, 2.24) is 9.55 Å². The summed E-state index contributed by atoms with van der Waals surface area (Å²) < 4.78 is 7.43. The Morgan fingerprint density at radius 1 is 1.27 bits per heavy atom. The number of carboxylic acids is 1. The van der Waals surface area contributed by atoms with E-state index in [-0.39, 0.29) is 5.56 Å². The Kier molecular flexibility index (Phi) is 3.33. The van der Waals surface area contributed by atoms with Gasteiger partial charge >= 0.3 is 5.97 Å². The van der Waals surface area contributed by atoms with Crippen molar-refractivity contribution in [2.24, 2.45) is 7.05 Å². The Bertz CT molecular complexity index is 881. The van der Waals surface area contributed by atoms with E-state index in [0.717, 1.165) is 16.6 Å². The normalized spacial score (nSPS) is 10.9. The summed E-state index contributed by atoms with van der Waals surface area (Å²) >= 11 is 0. The van der Waals surface area contributed by atoms with Gasteiger partial charge in [0.2, 0.25) is 0 Å². The van der Waals surface area contributed by atoms with Crippen LogP contribution < -0.4 is 4.74 Å². The number of fused-ring (bicyclic) bond motifs is 1. The van der Waals surface area contributed by atoms with Crippen LogP contribution in [0.15, 0.2) is 36.5 Å². The minimum absolute atomic E-state index is 0.164. The number of ether oxygens (including phenoxy) is 1. The largest absolute Gasteiger partial charge is 0.496 e. The number of hydrogen-bond donors (Lipinski definition) is 1. The highest BCUT2D eigenvalue weighted by Gasteiger charge is 2.18. The molecule has 0 fully saturated rings. The second kappa shape index (κ2) is 5.18. The molecule has 0 spiro atoms. The van der Waals surface area contributed by atoms with Crippen molar-refractivity contribution in [2.45, 2.75) is 6.92 Å². The molecule has 0 aliphatic heterocycles. The molecule has 0 unspecified atom stereocenters. The molecule has 1 N–H and O–H groups in total. The quantitative estimate of drug-likeness (QED) is 0.805. The highest BCUT2D eigenvalue weighted by atomic mass is 16.5. The highest BCUT2D eigenvalue weighted by molar-refractivity contribution is 5.98. The van der Waals surface area contributed by atoms with E-state index in [1.807, 2.05) is 42.9 Å². The van der Waals surface area contributed by atoms with Gasteiger partial charge in [0.15, 0.2) is 0 Å². The fraction of sp³-hybridized carbons (Fsp3) is 0.176. The molecule has 0 amide bonds. The summed E-state index contributed by atoms with van der Waals surface area (Å²) in [5, 5.41) is 10.5. The molecule has 0 saturated carbocycles. The van der Waals surface area contributed by atoms with E-state index in [4.69, 9.17) is 4.74 Å². The number of benzene rings is 1. The highest BCUT2D eigenvalue weighted by Crippen LogP contribution is 2.35. The molecule has 0 atom stereocenters. The Hall–Kier alpha value is -2.82. The summed E-state index contributed by atoms with van der Waals surface area (Å²) in [6, 6.07) is 9.08. The molecule has 0 aliphatic rings. The number of aromatic carboxylic acids is 1. The van der Waals surface area contributed by atoms with Crippen LogP contribution in [0.5, 0.6) is 5.75 Å². The fourth-order valence-corrected chi connectivity index (χ4v) is 2.58. The maximum Gasteiger partial charge on any atom is 0.337 e. The fourth-order valence-electron chi connectivity index (χ4n) is 2.58. The maximum absolute atomic E-state index is 11.5. The SMILES string of the molecule is COc1cc2ccn(C)c2cc1-c1nc(C)ccc1C(=O)O. The van der Waals surface area contributed by atoms with Crippen molar-refractivity contribution >= 4 is 16.9 Å². The van der Waals surface area contributed by atoms with Gasteiger partial charge in [-0.05, 0) is 37.3 Å². The summed E-state index contributed by atoms with van der Waals surface area (Å²) in [5.74, 6) is -0.393. The standard InChI is InChI=1S/C17H16N2O3/c1-10-4-5-12(17(20)21)16(18-10)13-9-14-11(6-7-19(14)2)8-15(13)22-3/h4-9H,1-3H3,(H,20,21). The Balaban J connectivity index is 2.35. The van der Waals surface area contributed by atoms with Gasteiger partial charge in [0.25, 0.3) is 0 Å². The number of aromatic nitrogens is 2. The lowest BCUT2D eigenvalue weighted by Gasteiger charge is -2.12. The van der Waals surface area contributed by atoms with Crippen molar-refractivity contribution in [3.8, 4) is 17.0 Å². The molecule has 5 heteroatoms. The van der Waals surface area contributed by atoms with Crippen LogP contribution in [0.2, 0.25) is 0 Å². The number of methoxy groups -OCH3 is 1. The van der Waals surface area contributed by atoms with Crippen LogP contribution in [0.3, 0.4) is 0 Å². The van der Waals surface area contributed by atoms with Gasteiger partial charge in [0, 0.05) is 35.4 Å². The Morgan fingerprint density at radius 2 is 2.05 bits per heavy atom. The third kappa shape index (κ3) is 2.20. The van der Waals surface area contributed by atoms with Crippen LogP contribution in [0.25, 0.3) is 22.2 Å². The number of rotatable bonds is 3. The van der Waals surface area contributed by atoms with Crippen molar-refractivity contribution in [1.29, 1.82) is 0 Å². The molecule has 3 aromatic rings. The summed E-state index contributed by atoms with van der Waals surface area (Å²) in [6.45, 7) is 1.84. The third-order valence-corrected chi connectivity index (χ3v) is 3.73. The molecule has 1 aromatic carbocycles. The summed E-state index contributed by atoms with van der Waals surface area (Å²) in [4.78, 5) is 15.9. The average molecular weight is 296 g/mol. The predicted molar refractivity (Wildman–Crippen MR) is 84.4 cm³/mol. The van der Waals surface area contributed by atoms with Gasteiger partial charge in [-0.25, -0.2) is 4.79 Å². The number of pyridine rings is 1. The van der Waals surface area contributed by atoms with Gasteiger partial charge in [-0.3, -0.25) is 4.98 Å². The van der Waals surface area contributed by atoms with Gasteiger partial charge < -0.3 is 14.4 Å². The van der Waals surface area contributed by atoms with Gasteiger partial charge in [0.1, 0.15) is 5.75 Å². The van der Waals surface area contributed by atoms with E-state index < -0.39 is 5.97 Å². The first kappa shape index (κ1) is 14.1. The van der Waals surface area contributed by atoms with Crippen LogP contribution in [-0.4, -0.2) is 27.7 Å². The van der Waals surface area contributed by atoms with Crippen LogP contribution in [0.1, 0.15) is 16.1 Å². The number of hydrogen-bond acceptors (Lipinski definition) is 3. The first-order valence-electron chi connectivity index (χ1n) is 6.85. The first-order valence-corrected chi connectivity index (χ1v) is 6.85. The lowest BCUT2D eigenvalue weighted by Crippen LogP contribution is -2.03. The van der Waals surface area contributed by atoms with E-state index in [1.54, 1.807) is 19.2 Å². The smallest absolute Gasteiger partial charge is 0.337 e. The topological polar surface area (TPSA) is 64.4 Å². The maximum atomic E-state index is 11.5. The van der Waals surface area contributed by atoms with E-state index in [2.05, 4.69) is 4.98 Å². The number of aryl methyl sites for hydroxylation is 2. The van der Waals surface area contributed by atoms with Crippen LogP contribution in [0, 0.1) is 6.92 Å². The molecule has 0 radical (unpaired) electrons. The van der Waals surface area contributed by atoms with Crippen molar-refractivity contribution in [2.75, 3.05) is 7.11 Å². The van der Waals surface area contributed by atoms with E-state index in [0.29, 0.717) is 17.0 Å². The van der Waals surface area contributed by atoms with Crippen LogP contribution >= 0.6 is 0 Å². The van der Waals surface area contributed by atoms with Crippen molar-refractivity contribution in [3.05, 3.63) is 47.8 Å². The van der Waals surface area contributed by atoms with E-state index in [9.17, 15) is 9.90 Å². The molecule has 0 saturated heterocycles. The molecule has 3 rings (SSSR count). The van der Waals surface area contributed by atoms with Crippen LogP contribution in [-0.2, 0) is 7.05 Å². The zero-order valence-electron chi connectivity index (χ0n) is 12.6. The third-order valence-electron chi connectivity index (χ3n) is 3.73. The molecule has 22 heavy (non-hydrogen) atoms. The van der Waals surface area contributed by atoms with E-state index in [1.165, 1.54) is 0 Å². The molecule has 112 valence electrons.